The summed E-state index contributed by atoms with van der Waals surface area (Å²) < 4.78 is 33.2. The Balaban J connectivity index is 2.02. The second-order valence-corrected chi connectivity index (χ2v) is 5.87. The third-order valence-corrected chi connectivity index (χ3v) is 4.03. The molecule has 0 spiro atoms. The first-order valence-electron chi connectivity index (χ1n) is 7.15. The van der Waals surface area contributed by atoms with E-state index in [0.29, 0.717) is 22.1 Å². The van der Waals surface area contributed by atoms with Gasteiger partial charge < -0.3 is 9.52 Å². The highest BCUT2D eigenvalue weighted by Gasteiger charge is 2.18. The number of nitrogens with zero attached hydrogens (tertiary/aromatic N) is 1. The summed E-state index contributed by atoms with van der Waals surface area (Å²) in [6.07, 6.45) is 0. The van der Waals surface area contributed by atoms with Gasteiger partial charge in [-0.25, -0.2) is 18.6 Å². The van der Waals surface area contributed by atoms with Crippen molar-refractivity contribution in [3.63, 3.8) is 0 Å². The van der Waals surface area contributed by atoms with Crippen LogP contribution in [0.1, 0.15) is 10.4 Å². The Kier molecular flexibility index (Phi) is 3.43. The molecule has 0 atom stereocenters. The van der Waals surface area contributed by atoms with Gasteiger partial charge in [-0.2, -0.15) is 0 Å². The minimum Gasteiger partial charge on any atom is -0.478 e. The monoisotopic (exact) mass is 359 g/mol. The Morgan fingerprint density at radius 3 is 2.68 bits per heavy atom. The van der Waals surface area contributed by atoms with Gasteiger partial charge in [0.25, 0.3) is 0 Å². The molecule has 0 aliphatic heterocycles. The Morgan fingerprint density at radius 1 is 1.12 bits per heavy atom. The molecule has 7 heteroatoms. The fourth-order valence-electron chi connectivity index (χ4n) is 2.70. The summed E-state index contributed by atoms with van der Waals surface area (Å²) in [4.78, 5) is 15.6. The zero-order valence-corrected chi connectivity index (χ0v) is 13.1. The van der Waals surface area contributed by atoms with Gasteiger partial charge in [0, 0.05) is 21.9 Å². The fourth-order valence-corrected chi connectivity index (χ4v) is 2.88. The van der Waals surface area contributed by atoms with Crippen LogP contribution in [-0.2, 0) is 0 Å². The van der Waals surface area contributed by atoms with E-state index in [-0.39, 0.29) is 27.9 Å². The van der Waals surface area contributed by atoms with E-state index in [0.717, 1.165) is 6.07 Å². The van der Waals surface area contributed by atoms with Crippen molar-refractivity contribution in [1.29, 1.82) is 0 Å². The largest absolute Gasteiger partial charge is 0.478 e. The van der Waals surface area contributed by atoms with E-state index in [1.807, 2.05) is 0 Å². The summed E-state index contributed by atoms with van der Waals surface area (Å²) >= 11 is 5.93. The molecule has 0 bridgehead atoms. The van der Waals surface area contributed by atoms with Gasteiger partial charge in [0.15, 0.2) is 11.6 Å². The second-order valence-electron chi connectivity index (χ2n) is 5.44. The number of aromatic carboxylic acids is 1. The number of halogens is 3. The van der Waals surface area contributed by atoms with Crippen LogP contribution in [0.4, 0.5) is 8.78 Å². The first-order chi connectivity index (χ1) is 11.9. The van der Waals surface area contributed by atoms with Crippen molar-refractivity contribution >= 4 is 39.4 Å². The van der Waals surface area contributed by atoms with E-state index in [1.54, 1.807) is 24.3 Å². The van der Waals surface area contributed by atoms with Crippen LogP contribution in [0.5, 0.6) is 0 Å². The molecule has 4 nitrogen and oxygen atoms in total. The Labute approximate surface area is 144 Å². The molecular weight excluding hydrogens is 352 g/mol. The quantitative estimate of drug-likeness (QED) is 0.529. The number of carboxylic acids is 1. The SMILES string of the molecule is O=C(O)c1cc(-c2cc3cc(Cl)ccc3o2)nc2c(F)cc(F)cc12. The van der Waals surface area contributed by atoms with Crippen LogP contribution in [0.2, 0.25) is 5.02 Å². The predicted molar refractivity (Wildman–Crippen MR) is 88.8 cm³/mol. The maximum Gasteiger partial charge on any atom is 0.336 e. The number of hydrogen-bond acceptors (Lipinski definition) is 3. The first kappa shape index (κ1) is 15.5. The molecule has 25 heavy (non-hydrogen) atoms. The van der Waals surface area contributed by atoms with Crippen LogP contribution < -0.4 is 0 Å². The highest BCUT2D eigenvalue weighted by Crippen LogP contribution is 2.32. The molecule has 4 aromatic rings. The molecule has 0 saturated carbocycles. The molecule has 0 unspecified atom stereocenters. The van der Waals surface area contributed by atoms with Crippen LogP contribution in [0.3, 0.4) is 0 Å². The lowest BCUT2D eigenvalue weighted by molar-refractivity contribution is 0.0699. The molecule has 2 aromatic carbocycles. The highest BCUT2D eigenvalue weighted by molar-refractivity contribution is 6.31. The van der Waals surface area contributed by atoms with Crippen LogP contribution in [0.25, 0.3) is 33.3 Å². The van der Waals surface area contributed by atoms with Crippen LogP contribution in [-0.4, -0.2) is 16.1 Å². The lowest BCUT2D eigenvalue weighted by Gasteiger charge is -2.06. The number of hydrogen-bond donors (Lipinski definition) is 1. The van der Waals surface area contributed by atoms with E-state index in [2.05, 4.69) is 4.98 Å². The van der Waals surface area contributed by atoms with Gasteiger partial charge in [-0.05, 0) is 36.4 Å². The van der Waals surface area contributed by atoms with E-state index in [4.69, 9.17) is 16.0 Å². The van der Waals surface area contributed by atoms with Crippen LogP contribution >= 0.6 is 11.6 Å². The molecule has 0 amide bonds. The number of rotatable bonds is 2. The van der Waals surface area contributed by atoms with Crippen molar-refractivity contribution in [3.8, 4) is 11.5 Å². The molecule has 4 rings (SSSR count). The molecule has 1 N–H and O–H groups in total. The van der Waals surface area contributed by atoms with E-state index < -0.39 is 17.6 Å². The number of furan rings is 1. The minimum atomic E-state index is -1.32. The standard InChI is InChI=1S/C18H8ClF2NO3/c19-9-1-2-15-8(3-9)4-16(25-15)14-7-12(18(23)24)11-5-10(20)6-13(21)17(11)22-14/h1-7H,(H,23,24). The maximum atomic E-state index is 14.1. The van der Waals surface area contributed by atoms with Crippen molar-refractivity contribution in [1.82, 2.24) is 4.98 Å². The van der Waals surface area contributed by atoms with Gasteiger partial charge in [0.1, 0.15) is 22.6 Å². The zero-order chi connectivity index (χ0) is 17.7. The summed E-state index contributed by atoms with van der Waals surface area (Å²) in [5, 5.41) is 10.5. The van der Waals surface area contributed by atoms with Gasteiger partial charge >= 0.3 is 5.97 Å². The summed E-state index contributed by atoms with van der Waals surface area (Å²) in [6, 6.07) is 9.44. The van der Waals surface area contributed by atoms with Crippen molar-refractivity contribution in [2.45, 2.75) is 0 Å². The second kappa shape index (κ2) is 5.53. The van der Waals surface area contributed by atoms with Crippen LogP contribution in [0, 0.1) is 11.6 Å². The Morgan fingerprint density at radius 2 is 1.92 bits per heavy atom. The summed E-state index contributed by atoms with van der Waals surface area (Å²) in [6.45, 7) is 0. The average molecular weight is 360 g/mol. The van der Waals surface area contributed by atoms with E-state index in [9.17, 15) is 18.7 Å². The van der Waals surface area contributed by atoms with Gasteiger partial charge in [-0.1, -0.05) is 11.6 Å². The molecular formula is C18H8ClF2NO3. The molecule has 0 fully saturated rings. The number of pyridine rings is 1. The van der Waals surface area contributed by atoms with Gasteiger partial charge in [0.2, 0.25) is 0 Å². The smallest absolute Gasteiger partial charge is 0.336 e. The highest BCUT2D eigenvalue weighted by atomic mass is 35.5. The maximum absolute atomic E-state index is 14.1. The van der Waals surface area contributed by atoms with Crippen LogP contribution in [0.15, 0.2) is 46.9 Å². The summed E-state index contributed by atoms with van der Waals surface area (Å²) in [7, 11) is 0. The Hall–Kier alpha value is -2.99. The van der Waals surface area contributed by atoms with Crippen molar-refractivity contribution < 1.29 is 23.1 Å². The third-order valence-electron chi connectivity index (χ3n) is 3.79. The normalized spacial score (nSPS) is 11.3. The summed E-state index contributed by atoms with van der Waals surface area (Å²) in [5.41, 5.74) is 0.146. The third kappa shape index (κ3) is 2.60. The number of aromatic nitrogens is 1. The lowest BCUT2D eigenvalue weighted by atomic mass is 10.1. The molecule has 2 aromatic heterocycles. The number of benzene rings is 2. The molecule has 0 aliphatic rings. The topological polar surface area (TPSA) is 63.3 Å². The zero-order valence-electron chi connectivity index (χ0n) is 12.4. The molecule has 0 radical (unpaired) electrons. The number of carbonyl (C=O) groups is 1. The first-order valence-corrected chi connectivity index (χ1v) is 7.53. The van der Waals surface area contributed by atoms with Gasteiger partial charge in [-0.15, -0.1) is 0 Å². The van der Waals surface area contributed by atoms with Crippen molar-refractivity contribution in [2.24, 2.45) is 0 Å². The van der Waals surface area contributed by atoms with Gasteiger partial charge in [0.05, 0.1) is 5.56 Å². The predicted octanol–water partition coefficient (Wildman–Crippen LogP) is 5.28. The average Bonchev–Trinajstić information content (AvgIpc) is 2.96. The number of fused-ring (bicyclic) bond motifs is 2. The van der Waals surface area contributed by atoms with Crippen molar-refractivity contribution in [3.05, 3.63) is 64.7 Å². The van der Waals surface area contributed by atoms with Gasteiger partial charge in [-0.3, -0.25) is 0 Å². The number of carboxylic acid groups (broad SMARTS) is 1. The summed E-state index contributed by atoms with van der Waals surface area (Å²) in [5.74, 6) is -2.89. The van der Waals surface area contributed by atoms with E-state index in [1.165, 1.54) is 6.07 Å². The molecule has 2 heterocycles. The minimum absolute atomic E-state index is 0.118. The van der Waals surface area contributed by atoms with Crippen molar-refractivity contribution in [2.75, 3.05) is 0 Å². The van der Waals surface area contributed by atoms with E-state index >= 15 is 0 Å². The molecule has 0 aliphatic carbocycles. The molecule has 124 valence electrons. The molecule has 0 saturated heterocycles. The Bertz CT molecular complexity index is 1170. The fraction of sp³-hybridized carbons (Fsp3) is 0. The lowest BCUT2D eigenvalue weighted by Crippen LogP contribution is -2.02.